The number of aromatic nitrogens is 1. The predicted octanol–water partition coefficient (Wildman–Crippen LogP) is 4.36. The molecule has 1 aliphatic rings. The van der Waals surface area contributed by atoms with Crippen molar-refractivity contribution in [1.29, 1.82) is 0 Å². The van der Waals surface area contributed by atoms with Crippen molar-refractivity contribution < 1.29 is 23.9 Å². The SMILES string of the molecule is CCOC(=O)CN1C(=O)S/C(=C\c2cc(C)n(-c3cc(Cl)ccc3OC)c2C)C1=O. The minimum Gasteiger partial charge on any atom is -0.495 e. The lowest BCUT2D eigenvalue weighted by molar-refractivity contribution is -0.145. The Balaban J connectivity index is 1.96. The summed E-state index contributed by atoms with van der Waals surface area (Å²) in [5.41, 5.74) is 3.31. The van der Waals surface area contributed by atoms with Gasteiger partial charge >= 0.3 is 5.97 Å². The molecule has 1 aromatic heterocycles. The summed E-state index contributed by atoms with van der Waals surface area (Å²) in [6, 6.07) is 7.25. The number of thioether (sulfide) groups is 1. The minimum absolute atomic E-state index is 0.184. The van der Waals surface area contributed by atoms with Crippen LogP contribution >= 0.6 is 23.4 Å². The van der Waals surface area contributed by atoms with Crippen LogP contribution in [0.25, 0.3) is 11.8 Å². The Kier molecular flexibility index (Phi) is 6.58. The summed E-state index contributed by atoms with van der Waals surface area (Å²) in [7, 11) is 1.58. The molecule has 0 unspecified atom stereocenters. The summed E-state index contributed by atoms with van der Waals surface area (Å²) in [5, 5.41) is 0.0737. The van der Waals surface area contributed by atoms with Crippen LogP contribution in [0, 0.1) is 13.8 Å². The van der Waals surface area contributed by atoms with E-state index in [1.807, 2.05) is 24.5 Å². The first kappa shape index (κ1) is 22.0. The zero-order valence-corrected chi connectivity index (χ0v) is 18.6. The van der Waals surface area contributed by atoms with Gasteiger partial charge in [0.05, 0.1) is 24.3 Å². The largest absolute Gasteiger partial charge is 0.495 e. The maximum Gasteiger partial charge on any atom is 0.326 e. The van der Waals surface area contributed by atoms with Crippen molar-refractivity contribution in [3.8, 4) is 11.4 Å². The number of ether oxygens (including phenoxy) is 2. The Morgan fingerprint density at radius 1 is 1.23 bits per heavy atom. The number of aryl methyl sites for hydroxylation is 1. The number of esters is 1. The van der Waals surface area contributed by atoms with Crippen molar-refractivity contribution >= 4 is 46.6 Å². The van der Waals surface area contributed by atoms with Gasteiger partial charge in [-0.25, -0.2) is 0 Å². The molecule has 9 heteroatoms. The molecule has 0 atom stereocenters. The summed E-state index contributed by atoms with van der Waals surface area (Å²) in [6.45, 7) is 5.29. The van der Waals surface area contributed by atoms with Crippen molar-refractivity contribution in [2.45, 2.75) is 20.8 Å². The van der Waals surface area contributed by atoms with Gasteiger partial charge in [-0.1, -0.05) is 11.6 Å². The standard InChI is InChI=1S/C21H21ClN2O5S/c1-5-29-19(25)11-23-20(26)18(30-21(23)27)9-14-8-12(2)24(13(14)3)16-10-15(22)6-7-17(16)28-4/h6-10H,5,11H2,1-4H3/b18-9-. The molecule has 7 nitrogen and oxygen atoms in total. The van der Waals surface area contributed by atoms with E-state index in [-0.39, 0.29) is 11.5 Å². The van der Waals surface area contributed by atoms with E-state index in [0.29, 0.717) is 10.8 Å². The molecule has 1 saturated heterocycles. The van der Waals surface area contributed by atoms with Crippen molar-refractivity contribution in [3.63, 3.8) is 0 Å². The summed E-state index contributed by atoms with van der Waals surface area (Å²) in [5.74, 6) is -0.474. The quantitative estimate of drug-likeness (QED) is 0.482. The molecule has 2 amide bonds. The molecule has 158 valence electrons. The summed E-state index contributed by atoms with van der Waals surface area (Å²) >= 11 is 6.98. The number of nitrogens with zero attached hydrogens (tertiary/aromatic N) is 2. The highest BCUT2D eigenvalue weighted by molar-refractivity contribution is 8.18. The van der Waals surface area contributed by atoms with Crippen LogP contribution in [-0.4, -0.2) is 46.8 Å². The monoisotopic (exact) mass is 448 g/mol. The Morgan fingerprint density at radius 3 is 2.63 bits per heavy atom. The van der Waals surface area contributed by atoms with Crippen LogP contribution in [0.5, 0.6) is 5.75 Å². The van der Waals surface area contributed by atoms with Gasteiger partial charge in [0.1, 0.15) is 12.3 Å². The van der Waals surface area contributed by atoms with Crippen LogP contribution in [0.15, 0.2) is 29.2 Å². The molecule has 0 radical (unpaired) electrons. The maximum atomic E-state index is 12.6. The number of benzene rings is 1. The van der Waals surface area contributed by atoms with Crippen molar-refractivity contribution in [3.05, 3.63) is 51.1 Å². The predicted molar refractivity (Wildman–Crippen MR) is 116 cm³/mol. The zero-order chi connectivity index (χ0) is 22.0. The molecule has 0 spiro atoms. The van der Waals surface area contributed by atoms with Crippen LogP contribution in [0.1, 0.15) is 23.9 Å². The molecule has 1 aliphatic heterocycles. The third-order valence-corrected chi connectivity index (χ3v) is 5.75. The third kappa shape index (κ3) is 4.24. The first-order valence-electron chi connectivity index (χ1n) is 9.20. The number of rotatable bonds is 6. The average Bonchev–Trinajstić information content (AvgIpc) is 3.11. The molecule has 0 bridgehead atoms. The van der Waals surface area contributed by atoms with Crippen LogP contribution in [0.3, 0.4) is 0 Å². The number of carbonyl (C=O) groups is 3. The van der Waals surface area contributed by atoms with Gasteiger partial charge < -0.3 is 14.0 Å². The number of amides is 2. The lowest BCUT2D eigenvalue weighted by Gasteiger charge is -2.14. The van der Waals surface area contributed by atoms with Gasteiger partial charge in [0.15, 0.2) is 0 Å². The number of hydrogen-bond acceptors (Lipinski definition) is 6. The lowest BCUT2D eigenvalue weighted by Crippen LogP contribution is -2.34. The Hall–Kier alpha value is -2.71. The molecular weight excluding hydrogens is 428 g/mol. The molecule has 1 fully saturated rings. The van der Waals surface area contributed by atoms with E-state index < -0.39 is 23.7 Å². The number of hydrogen-bond donors (Lipinski definition) is 0. The molecule has 30 heavy (non-hydrogen) atoms. The first-order valence-corrected chi connectivity index (χ1v) is 10.4. The molecule has 0 saturated carbocycles. The van der Waals surface area contributed by atoms with E-state index in [4.69, 9.17) is 21.1 Å². The molecule has 2 aromatic rings. The fourth-order valence-corrected chi connectivity index (χ4v) is 4.25. The number of halogens is 1. The second-order valence-electron chi connectivity index (χ2n) is 6.55. The Labute approximate surface area is 183 Å². The second-order valence-corrected chi connectivity index (χ2v) is 7.98. The Bertz CT molecular complexity index is 1060. The van der Waals surface area contributed by atoms with E-state index in [1.54, 1.807) is 38.3 Å². The summed E-state index contributed by atoms with van der Waals surface area (Å²) in [4.78, 5) is 37.7. The molecule has 0 N–H and O–H groups in total. The zero-order valence-electron chi connectivity index (χ0n) is 17.0. The van der Waals surface area contributed by atoms with Crippen molar-refractivity contribution in [1.82, 2.24) is 9.47 Å². The Morgan fingerprint density at radius 2 is 1.97 bits per heavy atom. The highest BCUT2D eigenvalue weighted by atomic mass is 35.5. The van der Waals surface area contributed by atoms with Gasteiger partial charge in [-0.05, 0) is 68.4 Å². The van der Waals surface area contributed by atoms with E-state index in [2.05, 4.69) is 0 Å². The highest BCUT2D eigenvalue weighted by Crippen LogP contribution is 2.35. The molecular formula is C21H21ClN2O5S. The minimum atomic E-state index is -0.618. The van der Waals surface area contributed by atoms with Crippen LogP contribution in [0.4, 0.5) is 4.79 Å². The number of methoxy groups -OCH3 is 1. The van der Waals surface area contributed by atoms with Gasteiger partial charge in [-0.3, -0.25) is 19.3 Å². The van der Waals surface area contributed by atoms with Gasteiger partial charge in [0, 0.05) is 16.4 Å². The maximum absolute atomic E-state index is 12.6. The number of imide groups is 1. The molecule has 3 rings (SSSR count). The molecule has 2 heterocycles. The first-order chi connectivity index (χ1) is 14.3. The molecule has 0 aliphatic carbocycles. The topological polar surface area (TPSA) is 77.8 Å². The van der Waals surface area contributed by atoms with Crippen LogP contribution in [-0.2, 0) is 14.3 Å². The highest BCUT2D eigenvalue weighted by Gasteiger charge is 2.36. The third-order valence-electron chi connectivity index (χ3n) is 4.60. The van der Waals surface area contributed by atoms with Crippen LogP contribution in [0.2, 0.25) is 5.02 Å². The smallest absolute Gasteiger partial charge is 0.326 e. The molecule has 1 aromatic carbocycles. The second kappa shape index (κ2) is 8.97. The van der Waals surface area contributed by atoms with Crippen molar-refractivity contribution in [2.75, 3.05) is 20.3 Å². The normalized spacial score (nSPS) is 15.2. The van der Waals surface area contributed by atoms with E-state index in [9.17, 15) is 14.4 Å². The van der Waals surface area contributed by atoms with E-state index >= 15 is 0 Å². The summed E-state index contributed by atoms with van der Waals surface area (Å²) in [6.07, 6.45) is 1.66. The van der Waals surface area contributed by atoms with Crippen molar-refractivity contribution in [2.24, 2.45) is 0 Å². The fourth-order valence-electron chi connectivity index (χ4n) is 3.26. The average molecular weight is 449 g/mol. The van der Waals surface area contributed by atoms with Gasteiger partial charge in [-0.15, -0.1) is 0 Å². The summed E-state index contributed by atoms with van der Waals surface area (Å²) < 4.78 is 12.3. The van der Waals surface area contributed by atoms with E-state index in [0.717, 1.165) is 39.3 Å². The fraction of sp³-hybridized carbons (Fsp3) is 0.286. The lowest BCUT2D eigenvalue weighted by atomic mass is 10.2. The number of carbonyl (C=O) groups excluding carboxylic acids is 3. The van der Waals surface area contributed by atoms with Gasteiger partial charge in [-0.2, -0.15) is 0 Å². The van der Waals surface area contributed by atoms with Gasteiger partial charge in [0.25, 0.3) is 11.1 Å². The van der Waals surface area contributed by atoms with E-state index in [1.165, 1.54) is 0 Å². The van der Waals surface area contributed by atoms with Crippen LogP contribution < -0.4 is 4.74 Å². The van der Waals surface area contributed by atoms with Gasteiger partial charge in [0.2, 0.25) is 0 Å².